The second kappa shape index (κ2) is 9.07. The Labute approximate surface area is 188 Å². The van der Waals surface area contributed by atoms with Gasteiger partial charge in [0.15, 0.2) is 13.2 Å². The van der Waals surface area contributed by atoms with Crippen LogP contribution in [0.1, 0.15) is 41.5 Å². The van der Waals surface area contributed by atoms with Gasteiger partial charge in [0.05, 0.1) is 0 Å². The van der Waals surface area contributed by atoms with Crippen molar-refractivity contribution in [3.63, 3.8) is 0 Å². The van der Waals surface area contributed by atoms with E-state index in [1.807, 2.05) is 90.1 Å². The van der Waals surface area contributed by atoms with Crippen LogP contribution in [0.3, 0.4) is 0 Å². The minimum absolute atomic E-state index is 0.219. The van der Waals surface area contributed by atoms with Gasteiger partial charge in [0, 0.05) is 21.5 Å². The first kappa shape index (κ1) is 23.4. The van der Waals surface area contributed by atoms with E-state index in [1.54, 1.807) is 0 Å². The molecule has 0 saturated heterocycles. The molecule has 0 unspecified atom stereocenters. The Bertz CT molecular complexity index is 988. The summed E-state index contributed by atoms with van der Waals surface area (Å²) in [7, 11) is 0. The van der Waals surface area contributed by atoms with Crippen LogP contribution in [0.5, 0.6) is 11.5 Å². The summed E-state index contributed by atoms with van der Waals surface area (Å²) in [5.74, 6) is 0.227. The molecule has 3 aromatic carbocycles. The predicted molar refractivity (Wildman–Crippen MR) is 124 cm³/mol. The molecule has 0 saturated carbocycles. The highest BCUT2D eigenvalue weighted by molar-refractivity contribution is 6.11. The molecular weight excluding hydrogens is 408 g/mol. The Morgan fingerprint density at radius 2 is 0.875 bits per heavy atom. The van der Waals surface area contributed by atoms with Gasteiger partial charge in [-0.3, -0.25) is 0 Å². The fourth-order valence-electron chi connectivity index (χ4n) is 3.36. The van der Waals surface area contributed by atoms with E-state index in [-0.39, 0.29) is 13.2 Å². The van der Waals surface area contributed by atoms with Gasteiger partial charge in [-0.1, -0.05) is 48.5 Å². The third-order valence-electron chi connectivity index (χ3n) is 4.34. The molecule has 0 fully saturated rings. The number of benzene rings is 3. The van der Waals surface area contributed by atoms with Gasteiger partial charge in [-0.15, -0.1) is 0 Å². The fourth-order valence-corrected chi connectivity index (χ4v) is 3.36. The van der Waals surface area contributed by atoms with Crippen LogP contribution in [-0.2, 0) is 19.1 Å². The zero-order valence-electron chi connectivity index (χ0n) is 19.5. The number of fused-ring (bicyclic) bond motifs is 2. The summed E-state index contributed by atoms with van der Waals surface area (Å²) >= 11 is 0. The van der Waals surface area contributed by atoms with E-state index in [9.17, 15) is 9.59 Å². The standard InChI is InChI=1S/C26H30O6/c1-25(2,3)31-21(27)15-29-23-17-11-7-9-13-19(17)24(20-14-10-8-12-18(20)23)30-16-22(28)32-26(4,5)6/h7-14H,15-16H2,1-6H3. The van der Waals surface area contributed by atoms with Crippen LogP contribution in [0.15, 0.2) is 48.5 Å². The van der Waals surface area contributed by atoms with Gasteiger partial charge in [-0.2, -0.15) is 0 Å². The first-order valence-corrected chi connectivity index (χ1v) is 10.6. The Morgan fingerprint density at radius 1 is 0.594 bits per heavy atom. The zero-order valence-corrected chi connectivity index (χ0v) is 19.5. The largest absolute Gasteiger partial charge is 0.481 e. The van der Waals surface area contributed by atoms with Crippen LogP contribution in [0.4, 0.5) is 0 Å². The number of hydrogen-bond acceptors (Lipinski definition) is 6. The third kappa shape index (κ3) is 5.90. The Kier molecular flexibility index (Phi) is 6.63. The van der Waals surface area contributed by atoms with Gasteiger partial charge < -0.3 is 18.9 Å². The summed E-state index contributed by atoms with van der Waals surface area (Å²) in [6, 6.07) is 15.1. The third-order valence-corrected chi connectivity index (χ3v) is 4.34. The van der Waals surface area contributed by atoms with Crippen LogP contribution in [0, 0.1) is 0 Å². The monoisotopic (exact) mass is 438 g/mol. The molecule has 0 amide bonds. The van der Waals surface area contributed by atoms with Crippen molar-refractivity contribution >= 4 is 33.5 Å². The van der Waals surface area contributed by atoms with Gasteiger partial charge in [-0.25, -0.2) is 9.59 Å². The molecule has 170 valence electrons. The second-order valence-corrected chi connectivity index (χ2v) is 9.50. The lowest BCUT2D eigenvalue weighted by Gasteiger charge is -2.21. The van der Waals surface area contributed by atoms with Crippen LogP contribution >= 0.6 is 0 Å². The van der Waals surface area contributed by atoms with E-state index in [4.69, 9.17) is 18.9 Å². The smallest absolute Gasteiger partial charge is 0.344 e. The van der Waals surface area contributed by atoms with Crippen molar-refractivity contribution in [3.8, 4) is 11.5 Å². The molecule has 0 aromatic heterocycles. The molecule has 3 aromatic rings. The molecule has 3 rings (SSSR count). The molecule has 6 heteroatoms. The normalized spacial score (nSPS) is 11.9. The predicted octanol–water partition coefficient (Wildman–Crippen LogP) is 5.43. The number of rotatable bonds is 6. The molecule has 0 aliphatic rings. The van der Waals surface area contributed by atoms with Crippen LogP contribution in [0.25, 0.3) is 21.5 Å². The highest BCUT2D eigenvalue weighted by atomic mass is 16.6. The highest BCUT2D eigenvalue weighted by Gasteiger charge is 2.21. The average Bonchev–Trinajstić information content (AvgIpc) is 2.67. The van der Waals surface area contributed by atoms with Gasteiger partial charge in [-0.05, 0) is 41.5 Å². The zero-order chi connectivity index (χ0) is 23.5. The van der Waals surface area contributed by atoms with Crippen molar-refractivity contribution in [2.75, 3.05) is 13.2 Å². The minimum Gasteiger partial charge on any atom is -0.481 e. The molecule has 0 atom stereocenters. The Hall–Kier alpha value is -3.28. The van der Waals surface area contributed by atoms with Crippen LogP contribution < -0.4 is 9.47 Å². The maximum Gasteiger partial charge on any atom is 0.344 e. The van der Waals surface area contributed by atoms with Gasteiger partial charge in [0.25, 0.3) is 0 Å². The van der Waals surface area contributed by atoms with Gasteiger partial charge in [0.2, 0.25) is 0 Å². The summed E-state index contributed by atoms with van der Waals surface area (Å²) < 4.78 is 22.7. The lowest BCUT2D eigenvalue weighted by Crippen LogP contribution is -2.27. The van der Waals surface area contributed by atoms with Crippen molar-refractivity contribution < 1.29 is 28.5 Å². The summed E-state index contributed by atoms with van der Waals surface area (Å²) in [4.78, 5) is 24.5. The first-order chi connectivity index (χ1) is 14.9. The van der Waals surface area contributed by atoms with Crippen LogP contribution in [0.2, 0.25) is 0 Å². The lowest BCUT2D eigenvalue weighted by atomic mass is 10.0. The van der Waals surface area contributed by atoms with E-state index in [0.29, 0.717) is 11.5 Å². The van der Waals surface area contributed by atoms with Crippen molar-refractivity contribution in [2.45, 2.75) is 52.7 Å². The molecular formula is C26H30O6. The van der Waals surface area contributed by atoms with E-state index in [0.717, 1.165) is 21.5 Å². The first-order valence-electron chi connectivity index (χ1n) is 10.6. The molecule has 0 N–H and O–H groups in total. The molecule has 0 heterocycles. The van der Waals surface area contributed by atoms with E-state index < -0.39 is 23.1 Å². The van der Waals surface area contributed by atoms with Crippen molar-refractivity contribution in [1.82, 2.24) is 0 Å². The topological polar surface area (TPSA) is 71.1 Å². The maximum absolute atomic E-state index is 12.2. The summed E-state index contributed by atoms with van der Waals surface area (Å²) in [5.41, 5.74) is -1.19. The molecule has 0 radical (unpaired) electrons. The molecule has 32 heavy (non-hydrogen) atoms. The molecule has 0 bridgehead atoms. The summed E-state index contributed by atoms with van der Waals surface area (Å²) in [5, 5.41) is 3.09. The van der Waals surface area contributed by atoms with E-state index in [1.165, 1.54) is 0 Å². The second-order valence-electron chi connectivity index (χ2n) is 9.50. The Balaban J connectivity index is 1.99. The summed E-state index contributed by atoms with van der Waals surface area (Å²) in [6.07, 6.45) is 0. The molecule has 6 nitrogen and oxygen atoms in total. The fraction of sp³-hybridized carbons (Fsp3) is 0.385. The number of ether oxygens (including phenoxy) is 4. The molecule has 0 aliphatic carbocycles. The average molecular weight is 439 g/mol. The summed E-state index contributed by atoms with van der Waals surface area (Å²) in [6.45, 7) is 10.4. The number of carbonyl (C=O) groups is 2. The maximum atomic E-state index is 12.2. The van der Waals surface area contributed by atoms with Crippen molar-refractivity contribution in [3.05, 3.63) is 48.5 Å². The minimum atomic E-state index is -0.593. The van der Waals surface area contributed by atoms with Crippen molar-refractivity contribution in [2.24, 2.45) is 0 Å². The number of esters is 2. The van der Waals surface area contributed by atoms with Crippen LogP contribution in [-0.4, -0.2) is 36.4 Å². The quantitative estimate of drug-likeness (QED) is 0.377. The van der Waals surface area contributed by atoms with Gasteiger partial charge in [0.1, 0.15) is 22.7 Å². The lowest BCUT2D eigenvalue weighted by molar-refractivity contribution is -0.158. The Morgan fingerprint density at radius 3 is 1.12 bits per heavy atom. The highest BCUT2D eigenvalue weighted by Crippen LogP contribution is 2.42. The van der Waals surface area contributed by atoms with Gasteiger partial charge >= 0.3 is 11.9 Å². The molecule has 0 aliphatic heterocycles. The number of carbonyl (C=O) groups excluding carboxylic acids is 2. The molecule has 0 spiro atoms. The SMILES string of the molecule is CC(C)(C)OC(=O)COc1c2ccccc2c(OCC(=O)OC(C)(C)C)c2ccccc12. The van der Waals surface area contributed by atoms with E-state index in [2.05, 4.69) is 0 Å². The van der Waals surface area contributed by atoms with E-state index >= 15 is 0 Å². The van der Waals surface area contributed by atoms with Crippen molar-refractivity contribution in [1.29, 1.82) is 0 Å². The number of hydrogen-bond donors (Lipinski definition) is 0.